The van der Waals surface area contributed by atoms with Crippen LogP contribution in [0.15, 0.2) is 36.7 Å². The van der Waals surface area contributed by atoms with Gasteiger partial charge in [0.15, 0.2) is 0 Å². The van der Waals surface area contributed by atoms with Crippen molar-refractivity contribution < 1.29 is 9.47 Å². The Kier molecular flexibility index (Phi) is 4.17. The second-order valence-corrected chi connectivity index (χ2v) is 5.43. The van der Waals surface area contributed by atoms with Gasteiger partial charge in [-0.05, 0) is 17.0 Å². The highest BCUT2D eigenvalue weighted by Crippen LogP contribution is 2.39. The zero-order valence-electron chi connectivity index (χ0n) is 12.2. The largest absolute Gasteiger partial charge is 0.381 e. The van der Waals surface area contributed by atoms with Crippen LogP contribution in [0.3, 0.4) is 0 Å². The maximum atomic E-state index is 5.90. The fourth-order valence-electron chi connectivity index (χ4n) is 3.24. The zero-order valence-corrected chi connectivity index (χ0v) is 12.2. The predicted octanol–water partition coefficient (Wildman–Crippen LogP) is 1.93. The molecular weight excluding hydrogens is 266 g/mol. The molecule has 0 saturated carbocycles. The first-order chi connectivity index (χ1) is 10.3. The lowest BCUT2D eigenvalue weighted by Gasteiger charge is -2.42. The predicted molar refractivity (Wildman–Crippen MR) is 81.6 cm³/mol. The third kappa shape index (κ3) is 2.53. The number of nitrogens with one attached hydrogen (secondary N) is 1. The number of aromatic nitrogens is 1. The molecule has 0 amide bonds. The van der Waals surface area contributed by atoms with Crippen molar-refractivity contribution in [2.75, 3.05) is 20.3 Å². The molecule has 2 aromatic rings. The minimum atomic E-state index is -0.350. The summed E-state index contributed by atoms with van der Waals surface area (Å²) in [7, 11) is 1.75. The summed E-state index contributed by atoms with van der Waals surface area (Å²) < 4.78 is 11.4. The molecule has 1 fully saturated rings. The smallest absolute Gasteiger partial charge is 0.0929 e. The average Bonchev–Trinajstić information content (AvgIpc) is 2.56. The van der Waals surface area contributed by atoms with Gasteiger partial charge in [0.1, 0.15) is 0 Å². The first kappa shape index (κ1) is 14.4. The van der Waals surface area contributed by atoms with Crippen molar-refractivity contribution in [3.63, 3.8) is 0 Å². The second kappa shape index (κ2) is 6.07. The Morgan fingerprint density at radius 2 is 2.14 bits per heavy atom. The van der Waals surface area contributed by atoms with Gasteiger partial charge in [-0.3, -0.25) is 16.3 Å². The molecule has 1 unspecified atom stereocenters. The Balaban J connectivity index is 2.09. The van der Waals surface area contributed by atoms with Crippen LogP contribution in [0.25, 0.3) is 10.8 Å². The van der Waals surface area contributed by atoms with Gasteiger partial charge in [0, 0.05) is 50.9 Å². The third-order valence-corrected chi connectivity index (χ3v) is 4.47. The maximum absolute atomic E-state index is 5.90. The third-order valence-electron chi connectivity index (χ3n) is 4.47. The minimum absolute atomic E-state index is 0.0979. The van der Waals surface area contributed by atoms with Gasteiger partial charge in [0.25, 0.3) is 0 Å². The van der Waals surface area contributed by atoms with Crippen molar-refractivity contribution in [3.8, 4) is 0 Å². The van der Waals surface area contributed by atoms with Crippen LogP contribution in [0, 0.1) is 0 Å². The van der Waals surface area contributed by atoms with Gasteiger partial charge in [-0.1, -0.05) is 18.2 Å². The van der Waals surface area contributed by atoms with Crippen molar-refractivity contribution in [1.82, 2.24) is 10.4 Å². The van der Waals surface area contributed by atoms with Gasteiger partial charge in [-0.25, -0.2) is 0 Å². The highest BCUT2D eigenvalue weighted by atomic mass is 16.5. The number of nitrogens with two attached hydrogens (primary N) is 1. The van der Waals surface area contributed by atoms with Crippen LogP contribution in [0.5, 0.6) is 0 Å². The standard InChI is InChI=1S/C16H21N3O2/c1-20-16(6-9-21-10-7-16)15(19-17)13-4-2-3-12-5-8-18-11-14(12)13/h2-5,8,11,15,19H,6-7,9-10,17H2,1H3. The molecule has 1 aromatic carbocycles. The fraction of sp³-hybridized carbons (Fsp3) is 0.438. The van der Waals surface area contributed by atoms with Gasteiger partial charge >= 0.3 is 0 Å². The number of fused-ring (bicyclic) bond motifs is 1. The Labute approximate surface area is 124 Å². The molecule has 3 N–H and O–H groups in total. The van der Waals surface area contributed by atoms with E-state index in [9.17, 15) is 0 Å². The van der Waals surface area contributed by atoms with E-state index in [0.29, 0.717) is 13.2 Å². The molecule has 1 saturated heterocycles. The molecule has 3 rings (SSSR count). The van der Waals surface area contributed by atoms with E-state index in [-0.39, 0.29) is 11.6 Å². The number of hydrazine groups is 1. The van der Waals surface area contributed by atoms with Gasteiger partial charge in [-0.2, -0.15) is 0 Å². The maximum Gasteiger partial charge on any atom is 0.0929 e. The van der Waals surface area contributed by atoms with Crippen LogP contribution >= 0.6 is 0 Å². The summed E-state index contributed by atoms with van der Waals surface area (Å²) in [5.41, 5.74) is 3.73. The molecule has 1 atom stereocenters. The number of hydrogen-bond donors (Lipinski definition) is 2. The van der Waals surface area contributed by atoms with E-state index in [4.69, 9.17) is 15.3 Å². The summed E-state index contributed by atoms with van der Waals surface area (Å²) in [6.45, 7) is 1.38. The van der Waals surface area contributed by atoms with E-state index in [0.717, 1.165) is 29.2 Å². The molecule has 112 valence electrons. The number of pyridine rings is 1. The lowest BCUT2D eigenvalue weighted by atomic mass is 9.81. The highest BCUT2D eigenvalue weighted by molar-refractivity contribution is 5.85. The van der Waals surface area contributed by atoms with Gasteiger partial charge in [0.2, 0.25) is 0 Å². The van der Waals surface area contributed by atoms with E-state index in [2.05, 4.69) is 22.5 Å². The van der Waals surface area contributed by atoms with Crippen LogP contribution in [-0.2, 0) is 9.47 Å². The van der Waals surface area contributed by atoms with Crippen molar-refractivity contribution in [2.45, 2.75) is 24.5 Å². The Bertz CT molecular complexity index is 606. The summed E-state index contributed by atoms with van der Waals surface area (Å²) >= 11 is 0. The van der Waals surface area contributed by atoms with Crippen LogP contribution in [0.4, 0.5) is 0 Å². The zero-order chi connectivity index (χ0) is 14.7. The van der Waals surface area contributed by atoms with Crippen LogP contribution < -0.4 is 11.3 Å². The summed E-state index contributed by atoms with van der Waals surface area (Å²) in [4.78, 5) is 4.25. The van der Waals surface area contributed by atoms with E-state index < -0.39 is 0 Å². The monoisotopic (exact) mass is 287 g/mol. The first-order valence-electron chi connectivity index (χ1n) is 7.22. The summed E-state index contributed by atoms with van der Waals surface area (Å²) in [5, 5.41) is 2.26. The van der Waals surface area contributed by atoms with Gasteiger partial charge in [0.05, 0.1) is 11.6 Å². The van der Waals surface area contributed by atoms with Crippen molar-refractivity contribution in [3.05, 3.63) is 42.2 Å². The van der Waals surface area contributed by atoms with Crippen LogP contribution in [0.1, 0.15) is 24.4 Å². The quantitative estimate of drug-likeness (QED) is 0.664. The molecule has 21 heavy (non-hydrogen) atoms. The van der Waals surface area contributed by atoms with E-state index >= 15 is 0 Å². The SMILES string of the molecule is COC1(C(NN)c2cccc3ccncc23)CCOCC1. The topological polar surface area (TPSA) is 69.4 Å². The molecule has 0 radical (unpaired) electrons. The molecule has 1 aliphatic heterocycles. The molecule has 5 heteroatoms. The minimum Gasteiger partial charge on any atom is -0.381 e. The van der Waals surface area contributed by atoms with E-state index in [1.807, 2.05) is 18.3 Å². The van der Waals surface area contributed by atoms with Crippen molar-refractivity contribution in [1.29, 1.82) is 0 Å². The molecule has 1 aliphatic rings. The number of benzene rings is 1. The average molecular weight is 287 g/mol. The van der Waals surface area contributed by atoms with Gasteiger partial charge in [-0.15, -0.1) is 0 Å². The molecule has 0 aliphatic carbocycles. The summed E-state index contributed by atoms with van der Waals surface area (Å²) in [5.74, 6) is 5.90. The number of hydrogen-bond acceptors (Lipinski definition) is 5. The molecular formula is C16H21N3O2. The fourth-order valence-corrected chi connectivity index (χ4v) is 3.24. The molecule has 5 nitrogen and oxygen atoms in total. The summed E-state index contributed by atoms with van der Waals surface area (Å²) in [6, 6.07) is 8.13. The number of ether oxygens (including phenoxy) is 2. The lowest BCUT2D eigenvalue weighted by Crippen LogP contribution is -2.51. The summed E-state index contributed by atoms with van der Waals surface area (Å²) in [6.07, 6.45) is 5.32. The normalized spacial score (nSPS) is 19.5. The Morgan fingerprint density at radius 1 is 1.33 bits per heavy atom. The van der Waals surface area contributed by atoms with E-state index in [1.54, 1.807) is 13.3 Å². The lowest BCUT2D eigenvalue weighted by molar-refractivity contribution is -0.111. The Hall–Kier alpha value is -1.53. The molecule has 0 spiro atoms. The first-order valence-corrected chi connectivity index (χ1v) is 7.22. The molecule has 1 aromatic heterocycles. The van der Waals surface area contributed by atoms with Crippen molar-refractivity contribution in [2.24, 2.45) is 5.84 Å². The Morgan fingerprint density at radius 3 is 2.86 bits per heavy atom. The van der Waals surface area contributed by atoms with Crippen LogP contribution in [0.2, 0.25) is 0 Å². The van der Waals surface area contributed by atoms with E-state index in [1.165, 1.54) is 0 Å². The number of rotatable bonds is 4. The highest BCUT2D eigenvalue weighted by Gasteiger charge is 2.41. The number of methoxy groups -OCH3 is 1. The van der Waals surface area contributed by atoms with Crippen LogP contribution in [-0.4, -0.2) is 30.9 Å². The van der Waals surface area contributed by atoms with Crippen molar-refractivity contribution >= 4 is 10.8 Å². The second-order valence-electron chi connectivity index (χ2n) is 5.43. The molecule has 2 heterocycles. The number of nitrogens with zero attached hydrogens (tertiary/aromatic N) is 1. The molecule has 0 bridgehead atoms. The van der Waals surface area contributed by atoms with Gasteiger partial charge < -0.3 is 9.47 Å².